The Hall–Kier alpha value is -6.69. The fourth-order valence-electron chi connectivity index (χ4n) is 17.3. The van der Waals surface area contributed by atoms with E-state index in [4.69, 9.17) is 39.8 Å². The van der Waals surface area contributed by atoms with E-state index >= 15 is 0 Å². The highest BCUT2D eigenvalue weighted by Crippen LogP contribution is 2.48. The van der Waals surface area contributed by atoms with Gasteiger partial charge in [-0.1, -0.05) is 242 Å². The fourth-order valence-corrected chi connectivity index (χ4v) is 17.3. The number of hydrogen-bond acceptors (Lipinski definition) is 9. The van der Waals surface area contributed by atoms with Crippen molar-refractivity contribution in [2.75, 3.05) is 0 Å². The van der Waals surface area contributed by atoms with Crippen LogP contribution in [-0.4, -0.2) is 6.18 Å². The van der Waals surface area contributed by atoms with Crippen LogP contribution >= 0.6 is 0 Å². The molecule has 0 radical (unpaired) electrons. The predicted molar refractivity (Wildman–Crippen MR) is 502 cm³/mol. The molecule has 9 aromatic heterocycles. The summed E-state index contributed by atoms with van der Waals surface area (Å²) in [5.74, 6) is 24.7. The van der Waals surface area contributed by atoms with Gasteiger partial charge < -0.3 is 39.8 Å². The lowest BCUT2D eigenvalue weighted by Gasteiger charge is -2.32. The Balaban J connectivity index is 0.000000458. The molecule has 1 fully saturated rings. The van der Waals surface area contributed by atoms with Crippen LogP contribution in [0.4, 0.5) is 13.2 Å². The maximum Gasteiger partial charge on any atom is 0.399 e. The fraction of sp³-hybridized carbons (Fsp3) is 0.667. The molecule has 682 valence electrons. The van der Waals surface area contributed by atoms with E-state index in [2.05, 4.69) is 303 Å². The molecule has 0 aliphatic heterocycles. The molecule has 9 aromatic rings. The molecule has 10 rings (SSSR count). The van der Waals surface area contributed by atoms with Crippen LogP contribution in [0.2, 0.25) is 0 Å². The highest BCUT2D eigenvalue weighted by molar-refractivity contribution is 5.24. The number of halogens is 3. The average Bonchev–Trinajstić information content (AvgIpc) is 1.63. The van der Waals surface area contributed by atoms with E-state index in [0.717, 1.165) is 82.1 Å². The molecule has 0 N–H and O–H groups in total. The summed E-state index contributed by atoms with van der Waals surface area (Å²) in [7, 11) is 0. The third-order valence-electron chi connectivity index (χ3n) is 23.7. The zero-order valence-electron chi connectivity index (χ0n) is 83.8. The molecule has 0 bridgehead atoms. The number of alkyl halides is 3. The lowest BCUT2D eigenvalue weighted by Crippen LogP contribution is -2.24. The highest BCUT2D eigenvalue weighted by atomic mass is 19.4. The van der Waals surface area contributed by atoms with Crippen LogP contribution in [0.5, 0.6) is 0 Å². The van der Waals surface area contributed by atoms with E-state index in [0.29, 0.717) is 124 Å². The number of hydrogen-bond donors (Lipinski definition) is 0. The Kier molecular flexibility index (Phi) is 46.4. The molecule has 9 nitrogen and oxygen atoms in total. The Bertz CT molecular complexity index is 4000. The normalized spacial score (nSPS) is 14.4. The van der Waals surface area contributed by atoms with Crippen molar-refractivity contribution in [2.45, 2.75) is 388 Å². The Labute approximate surface area is 731 Å². The predicted octanol–water partition coefficient (Wildman–Crippen LogP) is 36.8. The quantitative estimate of drug-likeness (QED) is 0.0551. The standard InChI is InChI=1S/C15H26O.3C13H22O.C12H18O.2C11H18O.C10H13F3O.C10H16O/c1-10(2)12-8-13(16-9-12)14(11(3)4)15(5,6)7;1-9(2)12(13(4,5)6)11-8-7-10(3)14-11;1-8(2)13(9(3)4)12-7-10(5)11(6)14-12;1-6-12(10(4)5)13-7-11(8-14-13)9(2)3;1-8(2)12(10-5-6-10)11-7-4-9(3)13-11;1-8(2)11(9(3)4)10-6-5-7-12-10;1-5-10(8(2)3)11-6-9(4)7-12-11;1-6(2)9(10(11,12)13)8-5-4-7(3)14-8;1-7(2)9(4)10-6-5-8(3)11-10/h8-11,14H,1-7H3;7-9,12H,1-6H3;7-9,13H,1-6H3;7-10,12H,6H2,1-5H3;4,7-8,10,12H,5-6H2,1-3H3;5-9,11H,1-4H3;6-8,10H,5H2,1-4H3;4-6,9H,1-3H3;5-7,9H,1-4H3/t14-;12-;;2*12-;;10-;2*9-/m00.01.000/s1. The molecule has 7 atom stereocenters. The monoisotopic (exact) mass is 1670 g/mol. The summed E-state index contributed by atoms with van der Waals surface area (Å²) in [4.78, 5) is 0. The number of aryl methyl sites for hydroxylation is 7. The van der Waals surface area contributed by atoms with E-state index < -0.39 is 18.0 Å². The third kappa shape index (κ3) is 36.6. The van der Waals surface area contributed by atoms with Gasteiger partial charge in [0.15, 0.2) is 0 Å². The zero-order chi connectivity index (χ0) is 92.1. The van der Waals surface area contributed by atoms with E-state index in [9.17, 15) is 13.2 Å². The van der Waals surface area contributed by atoms with Gasteiger partial charge in [-0.15, -0.1) is 0 Å². The van der Waals surface area contributed by atoms with Gasteiger partial charge >= 0.3 is 6.18 Å². The Morgan fingerprint density at radius 1 is 0.333 bits per heavy atom. The van der Waals surface area contributed by atoms with Gasteiger partial charge in [0.25, 0.3) is 0 Å². The first kappa shape index (κ1) is 109. The lowest BCUT2D eigenvalue weighted by atomic mass is 9.73. The van der Waals surface area contributed by atoms with Crippen molar-refractivity contribution in [3.63, 3.8) is 0 Å². The van der Waals surface area contributed by atoms with Crippen LogP contribution < -0.4 is 0 Å². The minimum absolute atomic E-state index is 0.00463. The van der Waals surface area contributed by atoms with E-state index in [1.807, 2.05) is 58.6 Å². The van der Waals surface area contributed by atoms with Crippen molar-refractivity contribution in [3.8, 4) is 0 Å². The minimum atomic E-state index is -4.24. The molecule has 0 spiro atoms. The van der Waals surface area contributed by atoms with E-state index in [-0.39, 0.29) is 16.6 Å². The molecule has 0 saturated heterocycles. The molecule has 1 aliphatic rings. The second kappa shape index (κ2) is 50.9. The summed E-state index contributed by atoms with van der Waals surface area (Å²) >= 11 is 0. The van der Waals surface area contributed by atoms with Gasteiger partial charge in [-0.3, -0.25) is 0 Å². The van der Waals surface area contributed by atoms with Gasteiger partial charge in [0.1, 0.15) is 86.6 Å². The van der Waals surface area contributed by atoms with Crippen LogP contribution in [-0.2, 0) is 0 Å². The summed E-state index contributed by atoms with van der Waals surface area (Å²) < 4.78 is 87.9. The molecule has 0 unspecified atom stereocenters. The van der Waals surface area contributed by atoms with Crippen molar-refractivity contribution in [3.05, 3.63) is 213 Å². The maximum absolute atomic E-state index is 12.6. The van der Waals surface area contributed by atoms with E-state index in [1.165, 1.54) is 60.8 Å². The summed E-state index contributed by atoms with van der Waals surface area (Å²) in [5.41, 5.74) is 5.64. The SMILES string of the molecule is CC(C)C(c1ccco1)C(C)C.CC(C)c1coc([C@H](C(C)C)C(C)(C)C)c1.CC[C@H](c1cc(C(C)C)co1)C(C)C.CC[C@H](c1cc(C)co1)C(C)C.Cc1cc(C(C(C)C)C(C)C)oc1C.Cc1ccc([C@@H](C)C(C)C)o1.Cc1ccc([C@H](C(C)C)C(C)(C)C)o1.Cc1ccc([C@H](C(C)C)C(F)(F)F)o1.Cc1ccc([C@H](C(C)C)C2CC2)o1. The van der Waals surface area contributed by atoms with Crippen LogP contribution in [0.15, 0.2) is 150 Å². The molecule has 1 aliphatic carbocycles. The van der Waals surface area contributed by atoms with Gasteiger partial charge in [-0.05, 0) is 275 Å². The van der Waals surface area contributed by atoms with Crippen molar-refractivity contribution < 1.29 is 52.9 Å². The van der Waals surface area contributed by atoms with Crippen LogP contribution in [0, 0.1) is 130 Å². The molecule has 12 heteroatoms. The van der Waals surface area contributed by atoms with Crippen molar-refractivity contribution in [1.29, 1.82) is 0 Å². The minimum Gasteiger partial charge on any atom is -0.469 e. The summed E-state index contributed by atoms with van der Waals surface area (Å²) in [6.07, 6.45) is 8.27. The Morgan fingerprint density at radius 2 is 0.692 bits per heavy atom. The topological polar surface area (TPSA) is 118 Å². The van der Waals surface area contributed by atoms with E-state index in [1.54, 1.807) is 19.3 Å². The van der Waals surface area contributed by atoms with Gasteiger partial charge in [-0.2, -0.15) is 13.2 Å². The van der Waals surface area contributed by atoms with Crippen LogP contribution in [0.1, 0.15) is 436 Å². The van der Waals surface area contributed by atoms with Gasteiger partial charge in [0.05, 0.1) is 25.1 Å². The van der Waals surface area contributed by atoms with Crippen LogP contribution in [0.3, 0.4) is 0 Å². The largest absolute Gasteiger partial charge is 0.469 e. The first-order valence-electron chi connectivity index (χ1n) is 46.1. The van der Waals surface area contributed by atoms with Crippen molar-refractivity contribution in [1.82, 2.24) is 0 Å². The molecule has 0 amide bonds. The highest BCUT2D eigenvalue weighted by Gasteiger charge is 2.45. The third-order valence-corrected chi connectivity index (χ3v) is 23.7. The van der Waals surface area contributed by atoms with Gasteiger partial charge in [-0.25, -0.2) is 0 Å². The van der Waals surface area contributed by atoms with Crippen molar-refractivity contribution in [2.24, 2.45) is 81.8 Å². The molecular weight excluding hydrogens is 1500 g/mol. The lowest BCUT2D eigenvalue weighted by molar-refractivity contribution is -0.163. The number of rotatable bonds is 25. The molecule has 1 saturated carbocycles. The van der Waals surface area contributed by atoms with Crippen molar-refractivity contribution >= 4 is 0 Å². The smallest absolute Gasteiger partial charge is 0.399 e. The summed E-state index contributed by atoms with van der Waals surface area (Å²) in [6, 6.07) is 28.3. The Morgan fingerprint density at radius 3 is 0.967 bits per heavy atom. The molecule has 120 heavy (non-hydrogen) atoms. The summed E-state index contributed by atoms with van der Waals surface area (Å²) in [5, 5.41) is 0. The number of furan rings is 9. The van der Waals surface area contributed by atoms with Gasteiger partial charge in [0.2, 0.25) is 0 Å². The second-order valence-electron chi connectivity index (χ2n) is 41.2. The second-order valence-corrected chi connectivity index (χ2v) is 41.2. The van der Waals surface area contributed by atoms with Crippen LogP contribution in [0.25, 0.3) is 0 Å². The molecule has 0 aromatic carbocycles. The first-order valence-corrected chi connectivity index (χ1v) is 46.1. The average molecular weight is 1670 g/mol. The zero-order valence-corrected chi connectivity index (χ0v) is 83.8. The summed E-state index contributed by atoms with van der Waals surface area (Å²) in [6.45, 7) is 91.1. The first-order chi connectivity index (χ1) is 55.4. The molecule has 9 heterocycles. The molecular formula is C108H175F3O9. The maximum atomic E-state index is 12.6. The van der Waals surface area contributed by atoms with Gasteiger partial charge in [0, 0.05) is 47.3 Å².